The summed E-state index contributed by atoms with van der Waals surface area (Å²) in [7, 11) is 1.29. The standard InChI is InChI=1S/C13H10ClNO4/c1-18-13(16)10-4-2-8(6-11(10)14)12-5-3-9(19-12)7-15-17/h2-7,17H,1H3/b15-7+. The fourth-order valence-electron chi connectivity index (χ4n) is 1.58. The Hall–Kier alpha value is -2.27. The quantitative estimate of drug-likeness (QED) is 0.405. The lowest BCUT2D eigenvalue weighted by atomic mass is 10.1. The zero-order chi connectivity index (χ0) is 13.8. The minimum absolute atomic E-state index is 0.276. The molecule has 5 nitrogen and oxygen atoms in total. The first-order chi connectivity index (χ1) is 9.15. The van der Waals surface area contributed by atoms with Gasteiger partial charge in [0.15, 0.2) is 0 Å². The number of hydrogen-bond acceptors (Lipinski definition) is 5. The maximum Gasteiger partial charge on any atom is 0.339 e. The number of esters is 1. The third-order valence-electron chi connectivity index (χ3n) is 2.47. The lowest BCUT2D eigenvalue weighted by Gasteiger charge is -2.03. The van der Waals surface area contributed by atoms with E-state index < -0.39 is 5.97 Å². The van der Waals surface area contributed by atoms with Crippen LogP contribution in [0.1, 0.15) is 16.1 Å². The number of carbonyl (C=O) groups is 1. The number of hydrogen-bond donors (Lipinski definition) is 1. The predicted molar refractivity (Wildman–Crippen MR) is 69.9 cm³/mol. The van der Waals surface area contributed by atoms with E-state index in [4.69, 9.17) is 21.2 Å². The van der Waals surface area contributed by atoms with Crippen LogP contribution in [0.5, 0.6) is 0 Å². The van der Waals surface area contributed by atoms with E-state index in [2.05, 4.69) is 9.89 Å². The molecule has 0 fully saturated rings. The third-order valence-corrected chi connectivity index (χ3v) is 2.78. The van der Waals surface area contributed by atoms with Crippen molar-refractivity contribution in [1.82, 2.24) is 0 Å². The average Bonchev–Trinajstić information content (AvgIpc) is 2.87. The maximum atomic E-state index is 11.4. The van der Waals surface area contributed by atoms with Gasteiger partial charge < -0.3 is 14.4 Å². The number of halogens is 1. The first-order valence-corrected chi connectivity index (χ1v) is 5.69. The molecule has 19 heavy (non-hydrogen) atoms. The van der Waals surface area contributed by atoms with Gasteiger partial charge >= 0.3 is 5.97 Å². The van der Waals surface area contributed by atoms with Gasteiger partial charge in [-0.3, -0.25) is 0 Å². The SMILES string of the molecule is COC(=O)c1ccc(-c2ccc(/C=N/O)o2)cc1Cl. The highest BCUT2D eigenvalue weighted by Crippen LogP contribution is 2.27. The number of oxime groups is 1. The van der Waals surface area contributed by atoms with Crippen molar-refractivity contribution < 1.29 is 19.2 Å². The first kappa shape index (κ1) is 13.2. The van der Waals surface area contributed by atoms with Gasteiger partial charge in [0, 0.05) is 5.56 Å². The molecule has 1 N–H and O–H groups in total. The lowest BCUT2D eigenvalue weighted by Crippen LogP contribution is -2.01. The highest BCUT2D eigenvalue weighted by atomic mass is 35.5. The second kappa shape index (κ2) is 5.58. The first-order valence-electron chi connectivity index (χ1n) is 5.31. The summed E-state index contributed by atoms with van der Waals surface area (Å²) in [5.74, 6) is 0.461. The summed E-state index contributed by atoms with van der Waals surface area (Å²) in [6, 6.07) is 8.22. The Kier molecular flexibility index (Phi) is 3.87. The van der Waals surface area contributed by atoms with Gasteiger partial charge in [0.1, 0.15) is 17.7 Å². The van der Waals surface area contributed by atoms with Gasteiger partial charge in [-0.1, -0.05) is 22.8 Å². The van der Waals surface area contributed by atoms with Crippen molar-refractivity contribution >= 4 is 23.8 Å². The summed E-state index contributed by atoms with van der Waals surface area (Å²) < 4.78 is 10.0. The van der Waals surface area contributed by atoms with E-state index in [1.165, 1.54) is 13.3 Å². The van der Waals surface area contributed by atoms with Crippen LogP contribution in [0, 0.1) is 0 Å². The Bertz CT molecular complexity index is 633. The molecule has 6 heteroatoms. The van der Waals surface area contributed by atoms with Gasteiger partial charge in [0.2, 0.25) is 0 Å². The van der Waals surface area contributed by atoms with Crippen molar-refractivity contribution in [3.63, 3.8) is 0 Å². The molecular weight excluding hydrogens is 270 g/mol. The molecule has 98 valence electrons. The van der Waals surface area contributed by atoms with Crippen molar-refractivity contribution in [2.45, 2.75) is 0 Å². The normalized spacial score (nSPS) is 10.8. The second-order valence-electron chi connectivity index (χ2n) is 3.63. The highest BCUT2D eigenvalue weighted by Gasteiger charge is 2.12. The van der Waals surface area contributed by atoms with Crippen LogP contribution < -0.4 is 0 Å². The Morgan fingerprint density at radius 2 is 2.21 bits per heavy atom. The number of furan rings is 1. The minimum Gasteiger partial charge on any atom is -0.465 e. The van der Waals surface area contributed by atoms with Crippen LogP contribution in [-0.2, 0) is 4.74 Å². The van der Waals surface area contributed by atoms with Crippen LogP contribution in [-0.4, -0.2) is 24.5 Å². The third kappa shape index (κ3) is 2.77. The number of rotatable bonds is 3. The highest BCUT2D eigenvalue weighted by molar-refractivity contribution is 6.33. The number of methoxy groups -OCH3 is 1. The Morgan fingerprint density at radius 1 is 1.42 bits per heavy atom. The molecule has 1 aromatic heterocycles. The van der Waals surface area contributed by atoms with Crippen molar-refractivity contribution in [2.75, 3.05) is 7.11 Å². The van der Waals surface area contributed by atoms with E-state index in [1.807, 2.05) is 0 Å². The molecule has 0 aliphatic heterocycles. The van der Waals surface area contributed by atoms with Gasteiger partial charge in [0.25, 0.3) is 0 Å². The van der Waals surface area contributed by atoms with Crippen LogP contribution in [0.15, 0.2) is 39.9 Å². The van der Waals surface area contributed by atoms with Crippen molar-refractivity contribution in [2.24, 2.45) is 5.16 Å². The molecule has 0 aliphatic rings. The molecule has 0 unspecified atom stereocenters. The van der Waals surface area contributed by atoms with E-state index in [0.717, 1.165) is 0 Å². The zero-order valence-electron chi connectivity index (χ0n) is 9.96. The van der Waals surface area contributed by atoms with Gasteiger partial charge in [-0.25, -0.2) is 4.79 Å². The van der Waals surface area contributed by atoms with Gasteiger partial charge in [-0.05, 0) is 24.3 Å². The van der Waals surface area contributed by atoms with Crippen LogP contribution in [0.3, 0.4) is 0 Å². The Balaban J connectivity index is 2.35. The minimum atomic E-state index is -0.496. The molecule has 0 aliphatic carbocycles. The number of carbonyl (C=O) groups excluding carboxylic acids is 1. The van der Waals surface area contributed by atoms with E-state index in [9.17, 15) is 4.79 Å². The lowest BCUT2D eigenvalue weighted by molar-refractivity contribution is 0.0601. The van der Waals surface area contributed by atoms with Crippen molar-refractivity contribution in [1.29, 1.82) is 0 Å². The van der Waals surface area contributed by atoms with Crippen LogP contribution in [0.4, 0.5) is 0 Å². The maximum absolute atomic E-state index is 11.4. The topological polar surface area (TPSA) is 72.0 Å². The van der Waals surface area contributed by atoms with Crippen LogP contribution >= 0.6 is 11.6 Å². The van der Waals surface area contributed by atoms with E-state index in [-0.39, 0.29) is 10.6 Å². The number of ether oxygens (including phenoxy) is 1. The molecule has 0 saturated heterocycles. The summed E-state index contributed by atoms with van der Waals surface area (Å²) in [5, 5.41) is 11.6. The monoisotopic (exact) mass is 279 g/mol. The van der Waals surface area contributed by atoms with Crippen LogP contribution in [0.2, 0.25) is 5.02 Å². The summed E-state index contributed by atoms with van der Waals surface area (Å²) in [6.07, 6.45) is 1.17. The molecule has 0 radical (unpaired) electrons. The average molecular weight is 280 g/mol. The predicted octanol–water partition coefficient (Wildman–Crippen LogP) is 3.19. The smallest absolute Gasteiger partial charge is 0.339 e. The Labute approximate surface area is 114 Å². The number of benzene rings is 1. The zero-order valence-corrected chi connectivity index (χ0v) is 10.7. The molecule has 0 saturated carbocycles. The molecule has 0 atom stereocenters. The summed E-state index contributed by atoms with van der Waals surface area (Å²) in [6.45, 7) is 0. The van der Waals surface area contributed by atoms with Gasteiger partial charge in [-0.15, -0.1) is 0 Å². The second-order valence-corrected chi connectivity index (χ2v) is 4.04. The van der Waals surface area contributed by atoms with Gasteiger partial charge in [-0.2, -0.15) is 0 Å². The largest absolute Gasteiger partial charge is 0.465 e. The van der Waals surface area contributed by atoms with E-state index in [0.29, 0.717) is 17.1 Å². The van der Waals surface area contributed by atoms with Crippen LogP contribution in [0.25, 0.3) is 11.3 Å². The summed E-state index contributed by atoms with van der Waals surface area (Å²) >= 11 is 6.01. The number of nitrogens with zero attached hydrogens (tertiary/aromatic N) is 1. The summed E-state index contributed by atoms with van der Waals surface area (Å²) in [4.78, 5) is 11.4. The van der Waals surface area contributed by atoms with E-state index in [1.54, 1.807) is 30.3 Å². The molecular formula is C13H10ClNO4. The molecule has 1 aromatic carbocycles. The fraction of sp³-hybridized carbons (Fsp3) is 0.0769. The molecule has 1 heterocycles. The summed E-state index contributed by atoms with van der Waals surface area (Å²) in [5.41, 5.74) is 0.992. The Morgan fingerprint density at radius 3 is 2.84 bits per heavy atom. The molecule has 0 bridgehead atoms. The fourth-order valence-corrected chi connectivity index (χ4v) is 1.84. The van der Waals surface area contributed by atoms with E-state index >= 15 is 0 Å². The van der Waals surface area contributed by atoms with Crippen molar-refractivity contribution in [3.8, 4) is 11.3 Å². The molecule has 0 spiro atoms. The molecule has 2 aromatic rings. The molecule has 2 rings (SSSR count). The van der Waals surface area contributed by atoms with Gasteiger partial charge in [0.05, 0.1) is 17.7 Å². The molecule has 0 amide bonds. The van der Waals surface area contributed by atoms with Crippen molar-refractivity contribution in [3.05, 3.63) is 46.7 Å².